The summed E-state index contributed by atoms with van der Waals surface area (Å²) in [5, 5.41) is 0.829. The second kappa shape index (κ2) is 3.48. The van der Waals surface area contributed by atoms with Crippen LogP contribution in [0.4, 0.5) is 0 Å². The number of aryl methyl sites for hydroxylation is 1. The van der Waals surface area contributed by atoms with Crippen molar-refractivity contribution < 1.29 is 0 Å². The van der Waals surface area contributed by atoms with E-state index in [1.54, 1.807) is 0 Å². The highest BCUT2D eigenvalue weighted by atomic mass is 16.1. The molecule has 0 aliphatic heterocycles. The van der Waals surface area contributed by atoms with Gasteiger partial charge < -0.3 is 4.98 Å². The lowest BCUT2D eigenvalue weighted by Crippen LogP contribution is -2.20. The van der Waals surface area contributed by atoms with Crippen LogP contribution >= 0.6 is 0 Å². The van der Waals surface area contributed by atoms with Crippen molar-refractivity contribution in [3.05, 3.63) is 45.7 Å². The molecule has 0 fully saturated rings. The minimum atomic E-state index is 0.233. The molecule has 0 unspecified atom stereocenters. The van der Waals surface area contributed by atoms with E-state index in [4.69, 9.17) is 0 Å². The standard InChI is InChI=1S/C14H15NO/c1-9-5-4-8-12-13(9)14(16)10-6-2-3-7-11(10)15-12/h2-3,6-7,9H,4-5,8H2,1H3,(H,15,16)/t9-/m0/s1. The first-order valence-corrected chi connectivity index (χ1v) is 5.91. The van der Waals surface area contributed by atoms with E-state index in [0.717, 1.165) is 35.0 Å². The highest BCUT2D eigenvalue weighted by Gasteiger charge is 2.21. The number of para-hydroxylation sites is 1. The number of pyridine rings is 1. The van der Waals surface area contributed by atoms with Crippen LogP contribution in [0.2, 0.25) is 0 Å². The maximum absolute atomic E-state index is 12.4. The van der Waals surface area contributed by atoms with Crippen molar-refractivity contribution in [1.82, 2.24) is 4.98 Å². The maximum atomic E-state index is 12.4. The largest absolute Gasteiger partial charge is 0.358 e. The Morgan fingerprint density at radius 1 is 1.31 bits per heavy atom. The topological polar surface area (TPSA) is 32.9 Å². The summed E-state index contributed by atoms with van der Waals surface area (Å²) in [5.41, 5.74) is 3.38. The number of H-pyrrole nitrogens is 1. The summed E-state index contributed by atoms with van der Waals surface area (Å²) in [6.45, 7) is 2.15. The van der Waals surface area contributed by atoms with E-state index in [1.807, 2.05) is 24.3 Å². The Hall–Kier alpha value is -1.57. The van der Waals surface area contributed by atoms with Gasteiger partial charge in [-0.05, 0) is 37.3 Å². The summed E-state index contributed by atoms with van der Waals surface area (Å²) < 4.78 is 0. The van der Waals surface area contributed by atoms with Gasteiger partial charge in [-0.15, -0.1) is 0 Å². The average Bonchev–Trinajstić information content (AvgIpc) is 2.29. The monoisotopic (exact) mass is 213 g/mol. The van der Waals surface area contributed by atoms with Crippen LogP contribution < -0.4 is 5.43 Å². The molecule has 16 heavy (non-hydrogen) atoms. The van der Waals surface area contributed by atoms with Crippen molar-refractivity contribution in [2.24, 2.45) is 0 Å². The van der Waals surface area contributed by atoms with E-state index in [2.05, 4.69) is 11.9 Å². The van der Waals surface area contributed by atoms with E-state index < -0.39 is 0 Å². The molecule has 1 aromatic heterocycles. The molecule has 1 atom stereocenters. The van der Waals surface area contributed by atoms with Crippen molar-refractivity contribution in [3.63, 3.8) is 0 Å². The van der Waals surface area contributed by atoms with Gasteiger partial charge in [0.2, 0.25) is 0 Å². The second-order valence-corrected chi connectivity index (χ2v) is 4.69. The maximum Gasteiger partial charge on any atom is 0.193 e. The van der Waals surface area contributed by atoms with Gasteiger partial charge in [0, 0.05) is 22.2 Å². The van der Waals surface area contributed by atoms with Gasteiger partial charge in [0.1, 0.15) is 0 Å². The second-order valence-electron chi connectivity index (χ2n) is 4.69. The Morgan fingerprint density at radius 2 is 2.12 bits per heavy atom. The molecule has 1 aliphatic rings. The number of rotatable bonds is 0. The summed E-state index contributed by atoms with van der Waals surface area (Å²) >= 11 is 0. The van der Waals surface area contributed by atoms with E-state index in [1.165, 1.54) is 6.42 Å². The van der Waals surface area contributed by atoms with Crippen molar-refractivity contribution in [2.45, 2.75) is 32.1 Å². The summed E-state index contributed by atoms with van der Waals surface area (Å²) in [6, 6.07) is 7.79. The van der Waals surface area contributed by atoms with Crippen LogP contribution in [0.1, 0.15) is 36.9 Å². The highest BCUT2D eigenvalue weighted by molar-refractivity contribution is 5.79. The molecule has 1 aromatic carbocycles. The lowest BCUT2D eigenvalue weighted by Gasteiger charge is -2.21. The molecule has 1 aliphatic carbocycles. The molecule has 0 amide bonds. The normalized spacial score (nSPS) is 19.7. The Morgan fingerprint density at radius 3 is 3.00 bits per heavy atom. The molecule has 1 N–H and O–H groups in total. The molecule has 2 nitrogen and oxygen atoms in total. The van der Waals surface area contributed by atoms with E-state index in [0.29, 0.717) is 5.92 Å². The minimum absolute atomic E-state index is 0.233. The Balaban J connectivity index is 2.41. The van der Waals surface area contributed by atoms with Gasteiger partial charge in [0.25, 0.3) is 0 Å². The van der Waals surface area contributed by atoms with Crippen molar-refractivity contribution >= 4 is 10.9 Å². The predicted molar refractivity (Wildman–Crippen MR) is 65.9 cm³/mol. The lowest BCUT2D eigenvalue weighted by atomic mass is 9.86. The Bertz CT molecular complexity index is 597. The predicted octanol–water partition coefficient (Wildman–Crippen LogP) is 2.97. The van der Waals surface area contributed by atoms with Gasteiger partial charge in [0.15, 0.2) is 5.43 Å². The zero-order chi connectivity index (χ0) is 11.1. The lowest BCUT2D eigenvalue weighted by molar-refractivity contribution is 0.577. The summed E-state index contributed by atoms with van der Waals surface area (Å²) in [7, 11) is 0. The van der Waals surface area contributed by atoms with Crippen LogP contribution in [0, 0.1) is 0 Å². The minimum Gasteiger partial charge on any atom is -0.358 e. The molecule has 0 spiro atoms. The van der Waals surface area contributed by atoms with Crippen LogP contribution in [0.5, 0.6) is 0 Å². The molecular weight excluding hydrogens is 198 g/mol. The number of nitrogens with one attached hydrogen (secondary N) is 1. The van der Waals surface area contributed by atoms with Crippen LogP contribution in [-0.2, 0) is 6.42 Å². The third-order valence-electron chi connectivity index (χ3n) is 3.58. The number of hydrogen-bond acceptors (Lipinski definition) is 1. The van der Waals surface area contributed by atoms with Gasteiger partial charge in [0.05, 0.1) is 0 Å². The molecule has 3 rings (SSSR count). The molecule has 0 radical (unpaired) electrons. The smallest absolute Gasteiger partial charge is 0.193 e. The molecule has 0 bridgehead atoms. The fraction of sp³-hybridized carbons (Fsp3) is 0.357. The van der Waals surface area contributed by atoms with Crippen LogP contribution in [-0.4, -0.2) is 4.98 Å². The molecule has 82 valence electrons. The highest BCUT2D eigenvalue weighted by Crippen LogP contribution is 2.28. The number of aromatic amines is 1. The molecule has 0 saturated carbocycles. The number of fused-ring (bicyclic) bond motifs is 2. The fourth-order valence-corrected chi connectivity index (χ4v) is 2.75. The van der Waals surface area contributed by atoms with Gasteiger partial charge in [-0.2, -0.15) is 0 Å². The average molecular weight is 213 g/mol. The van der Waals surface area contributed by atoms with Crippen LogP contribution in [0.15, 0.2) is 29.1 Å². The molecule has 2 heteroatoms. The molecule has 1 heterocycles. The Labute approximate surface area is 94.3 Å². The Kier molecular flexibility index (Phi) is 2.10. The van der Waals surface area contributed by atoms with E-state index in [9.17, 15) is 4.79 Å². The summed E-state index contributed by atoms with van der Waals surface area (Å²) in [6.07, 6.45) is 3.33. The van der Waals surface area contributed by atoms with Crippen LogP contribution in [0.3, 0.4) is 0 Å². The first-order valence-electron chi connectivity index (χ1n) is 5.91. The fourth-order valence-electron chi connectivity index (χ4n) is 2.75. The zero-order valence-electron chi connectivity index (χ0n) is 9.42. The first kappa shape index (κ1) is 9.64. The van der Waals surface area contributed by atoms with E-state index in [-0.39, 0.29) is 5.43 Å². The van der Waals surface area contributed by atoms with Crippen molar-refractivity contribution in [2.75, 3.05) is 0 Å². The van der Waals surface area contributed by atoms with Crippen molar-refractivity contribution in [1.29, 1.82) is 0 Å². The van der Waals surface area contributed by atoms with Gasteiger partial charge >= 0.3 is 0 Å². The molecule has 0 saturated heterocycles. The van der Waals surface area contributed by atoms with Gasteiger partial charge in [-0.3, -0.25) is 4.79 Å². The SMILES string of the molecule is C[C@H]1CCCc2[nH]c3ccccc3c(=O)c21. The van der Waals surface area contributed by atoms with Crippen LogP contribution in [0.25, 0.3) is 10.9 Å². The molecular formula is C14H15NO. The number of benzene rings is 1. The first-order chi connectivity index (χ1) is 7.77. The van der Waals surface area contributed by atoms with Gasteiger partial charge in [-0.25, -0.2) is 0 Å². The number of hydrogen-bond donors (Lipinski definition) is 1. The summed E-state index contributed by atoms with van der Waals surface area (Å²) in [5.74, 6) is 0.400. The molecule has 2 aromatic rings. The number of aromatic nitrogens is 1. The van der Waals surface area contributed by atoms with Crippen molar-refractivity contribution in [3.8, 4) is 0 Å². The third-order valence-corrected chi connectivity index (χ3v) is 3.58. The van der Waals surface area contributed by atoms with E-state index >= 15 is 0 Å². The third kappa shape index (κ3) is 1.29. The van der Waals surface area contributed by atoms with Gasteiger partial charge in [-0.1, -0.05) is 19.1 Å². The zero-order valence-corrected chi connectivity index (χ0v) is 9.42. The quantitative estimate of drug-likeness (QED) is 0.717. The summed E-state index contributed by atoms with van der Waals surface area (Å²) in [4.78, 5) is 15.8.